The van der Waals surface area contributed by atoms with E-state index in [9.17, 15) is 14.7 Å². The normalized spacial score (nSPS) is 16.5. The van der Waals surface area contributed by atoms with E-state index in [2.05, 4.69) is 0 Å². The number of fused-ring (bicyclic) bond motifs is 1. The number of ether oxygens (including phenoxy) is 3. The standard InChI is InChI=1S/C30H23Cl2NO6/c1-37-18-13-11-17(12-14-18)33-25(20-10-6-8-16-7-4-5-9-19(16)20)23(27(35)30(33)36)26(34)21-15-22(31)29(39-3)24(32)28(21)38-2/h4-15,25,34H,1-3H3/b26-23+. The average molecular weight is 564 g/mol. The molecule has 1 saturated heterocycles. The predicted molar refractivity (Wildman–Crippen MR) is 151 cm³/mol. The molecule has 1 heterocycles. The van der Waals surface area contributed by atoms with Crippen molar-refractivity contribution in [2.45, 2.75) is 6.04 Å². The number of benzene rings is 4. The lowest BCUT2D eigenvalue weighted by molar-refractivity contribution is -0.132. The van der Waals surface area contributed by atoms with Crippen LogP contribution in [0.3, 0.4) is 0 Å². The Balaban J connectivity index is 1.83. The van der Waals surface area contributed by atoms with Gasteiger partial charge < -0.3 is 19.3 Å². The summed E-state index contributed by atoms with van der Waals surface area (Å²) in [6.07, 6.45) is 0. The molecule has 1 N–H and O–H groups in total. The second-order valence-electron chi connectivity index (χ2n) is 8.72. The van der Waals surface area contributed by atoms with Gasteiger partial charge in [-0.15, -0.1) is 0 Å². The second kappa shape index (κ2) is 10.5. The maximum absolute atomic E-state index is 13.7. The van der Waals surface area contributed by atoms with E-state index in [1.807, 2.05) is 42.5 Å². The summed E-state index contributed by atoms with van der Waals surface area (Å²) < 4.78 is 16.0. The number of hydrogen-bond donors (Lipinski definition) is 1. The number of anilines is 1. The summed E-state index contributed by atoms with van der Waals surface area (Å²) >= 11 is 12.9. The lowest BCUT2D eigenvalue weighted by Gasteiger charge is -2.27. The van der Waals surface area contributed by atoms with Crippen LogP contribution in [0.25, 0.3) is 16.5 Å². The van der Waals surface area contributed by atoms with Crippen molar-refractivity contribution in [3.8, 4) is 17.2 Å². The van der Waals surface area contributed by atoms with Gasteiger partial charge in [0, 0.05) is 5.69 Å². The zero-order valence-electron chi connectivity index (χ0n) is 21.2. The quantitative estimate of drug-likeness (QED) is 0.158. The average Bonchev–Trinajstić information content (AvgIpc) is 3.22. The van der Waals surface area contributed by atoms with Crippen molar-refractivity contribution < 1.29 is 28.9 Å². The van der Waals surface area contributed by atoms with Crippen LogP contribution in [0.5, 0.6) is 17.2 Å². The molecule has 1 unspecified atom stereocenters. The summed E-state index contributed by atoms with van der Waals surface area (Å²) in [5.74, 6) is -1.37. The van der Waals surface area contributed by atoms with Gasteiger partial charge in [-0.1, -0.05) is 65.7 Å². The largest absolute Gasteiger partial charge is 0.507 e. The third-order valence-corrected chi connectivity index (χ3v) is 7.33. The highest BCUT2D eigenvalue weighted by atomic mass is 35.5. The van der Waals surface area contributed by atoms with Crippen LogP contribution in [0.2, 0.25) is 10.0 Å². The van der Waals surface area contributed by atoms with E-state index in [-0.39, 0.29) is 32.7 Å². The Kier molecular flexibility index (Phi) is 7.12. The van der Waals surface area contributed by atoms with Crippen molar-refractivity contribution >= 4 is 57.1 Å². The fourth-order valence-electron chi connectivity index (χ4n) is 4.92. The van der Waals surface area contributed by atoms with Gasteiger partial charge in [0.05, 0.1) is 43.5 Å². The minimum Gasteiger partial charge on any atom is -0.507 e. The highest BCUT2D eigenvalue weighted by Crippen LogP contribution is 2.49. The molecule has 1 atom stereocenters. The van der Waals surface area contributed by atoms with Gasteiger partial charge in [-0.2, -0.15) is 0 Å². The van der Waals surface area contributed by atoms with Crippen LogP contribution < -0.4 is 19.1 Å². The Morgan fingerprint density at radius 1 is 0.846 bits per heavy atom. The first kappa shape index (κ1) is 26.4. The topological polar surface area (TPSA) is 85.3 Å². The molecule has 1 aliphatic heterocycles. The Labute approximate surface area is 234 Å². The van der Waals surface area contributed by atoms with E-state index in [1.165, 1.54) is 32.3 Å². The number of ketones is 1. The van der Waals surface area contributed by atoms with E-state index in [4.69, 9.17) is 37.4 Å². The molecule has 39 heavy (non-hydrogen) atoms. The predicted octanol–water partition coefficient (Wildman–Crippen LogP) is 6.80. The number of nitrogens with zero attached hydrogens (tertiary/aromatic N) is 1. The van der Waals surface area contributed by atoms with Crippen molar-refractivity contribution in [2.24, 2.45) is 0 Å². The first-order chi connectivity index (χ1) is 18.8. The Morgan fingerprint density at radius 3 is 2.18 bits per heavy atom. The zero-order chi connectivity index (χ0) is 27.8. The fraction of sp³-hybridized carbons (Fsp3) is 0.133. The van der Waals surface area contributed by atoms with E-state index in [0.717, 1.165) is 10.8 Å². The molecular formula is C30H23Cl2NO6. The molecule has 0 aromatic heterocycles. The van der Waals surface area contributed by atoms with Crippen molar-refractivity contribution in [3.05, 3.63) is 99.5 Å². The minimum atomic E-state index is -0.978. The van der Waals surface area contributed by atoms with E-state index in [0.29, 0.717) is 17.0 Å². The number of carbonyl (C=O) groups excluding carboxylic acids is 2. The van der Waals surface area contributed by atoms with Crippen molar-refractivity contribution in [2.75, 3.05) is 26.2 Å². The molecule has 0 radical (unpaired) electrons. The van der Waals surface area contributed by atoms with Crippen LogP contribution in [-0.2, 0) is 9.59 Å². The minimum absolute atomic E-state index is 0.0140. The van der Waals surface area contributed by atoms with Crippen LogP contribution in [0.4, 0.5) is 5.69 Å². The van der Waals surface area contributed by atoms with Gasteiger partial charge in [0.2, 0.25) is 0 Å². The van der Waals surface area contributed by atoms with Crippen LogP contribution >= 0.6 is 23.2 Å². The molecule has 0 saturated carbocycles. The summed E-state index contributed by atoms with van der Waals surface area (Å²) in [6.45, 7) is 0. The number of amides is 1. The molecule has 5 rings (SSSR count). The highest BCUT2D eigenvalue weighted by molar-refractivity contribution is 6.52. The first-order valence-electron chi connectivity index (χ1n) is 11.8. The number of Topliss-reactive ketones (excluding diaryl/α,β-unsaturated/α-hetero) is 1. The third-order valence-electron chi connectivity index (χ3n) is 6.71. The SMILES string of the molecule is COc1ccc(N2C(=O)C(=O)/C(=C(/O)c3cc(Cl)c(OC)c(Cl)c3OC)C2c2cccc3ccccc23)cc1. The number of hydrogen-bond acceptors (Lipinski definition) is 6. The molecule has 0 aliphatic carbocycles. The number of methoxy groups -OCH3 is 3. The first-order valence-corrected chi connectivity index (χ1v) is 12.6. The Morgan fingerprint density at radius 2 is 1.51 bits per heavy atom. The van der Waals surface area contributed by atoms with Gasteiger partial charge >= 0.3 is 0 Å². The van der Waals surface area contributed by atoms with Crippen LogP contribution in [-0.4, -0.2) is 38.1 Å². The number of rotatable bonds is 6. The summed E-state index contributed by atoms with van der Waals surface area (Å²) in [5, 5.41) is 13.5. The van der Waals surface area contributed by atoms with Gasteiger partial charge in [-0.25, -0.2) is 0 Å². The molecule has 7 nitrogen and oxygen atoms in total. The lowest BCUT2D eigenvalue weighted by atomic mass is 9.91. The number of carbonyl (C=O) groups is 2. The maximum atomic E-state index is 13.7. The van der Waals surface area contributed by atoms with Crippen molar-refractivity contribution in [1.29, 1.82) is 0 Å². The molecule has 1 aliphatic rings. The molecule has 9 heteroatoms. The molecule has 4 aromatic rings. The fourth-order valence-corrected chi connectivity index (χ4v) is 5.60. The Hall–Kier alpha value is -4.20. The number of aliphatic hydroxyl groups is 1. The molecule has 1 amide bonds. The van der Waals surface area contributed by atoms with Gasteiger partial charge in [-0.3, -0.25) is 14.5 Å². The molecule has 4 aromatic carbocycles. The zero-order valence-corrected chi connectivity index (χ0v) is 22.7. The summed E-state index contributed by atoms with van der Waals surface area (Å²) in [6, 6.07) is 20.4. The molecule has 0 bridgehead atoms. The summed E-state index contributed by atoms with van der Waals surface area (Å²) in [7, 11) is 4.30. The molecule has 0 spiro atoms. The van der Waals surface area contributed by atoms with Gasteiger partial charge in [0.1, 0.15) is 16.5 Å². The maximum Gasteiger partial charge on any atom is 0.300 e. The van der Waals surface area contributed by atoms with Crippen LogP contribution in [0, 0.1) is 0 Å². The van der Waals surface area contributed by atoms with Crippen LogP contribution in [0.15, 0.2) is 78.4 Å². The Bertz CT molecular complexity index is 1640. The van der Waals surface area contributed by atoms with E-state index >= 15 is 0 Å². The monoisotopic (exact) mass is 563 g/mol. The van der Waals surface area contributed by atoms with Gasteiger partial charge in [-0.05, 0) is 46.7 Å². The van der Waals surface area contributed by atoms with Crippen molar-refractivity contribution in [3.63, 3.8) is 0 Å². The van der Waals surface area contributed by atoms with E-state index in [1.54, 1.807) is 24.3 Å². The highest BCUT2D eigenvalue weighted by Gasteiger charge is 2.48. The van der Waals surface area contributed by atoms with Gasteiger partial charge in [0.15, 0.2) is 11.5 Å². The number of halogens is 2. The summed E-state index contributed by atoms with van der Waals surface area (Å²) in [4.78, 5) is 28.7. The molecule has 198 valence electrons. The number of aliphatic hydroxyl groups excluding tert-OH is 1. The van der Waals surface area contributed by atoms with Crippen LogP contribution in [0.1, 0.15) is 17.2 Å². The molecule has 1 fully saturated rings. The van der Waals surface area contributed by atoms with E-state index < -0.39 is 23.5 Å². The smallest absolute Gasteiger partial charge is 0.300 e. The third kappa shape index (κ3) is 4.33. The van der Waals surface area contributed by atoms with Crippen molar-refractivity contribution in [1.82, 2.24) is 0 Å². The summed E-state index contributed by atoms with van der Waals surface area (Å²) in [5.41, 5.74) is 1.01. The molecular weight excluding hydrogens is 541 g/mol. The van der Waals surface area contributed by atoms with Gasteiger partial charge in [0.25, 0.3) is 11.7 Å². The second-order valence-corrected chi connectivity index (χ2v) is 9.51. The lowest BCUT2D eigenvalue weighted by Crippen LogP contribution is -2.29.